The van der Waals surface area contributed by atoms with Gasteiger partial charge in [0, 0.05) is 30.9 Å². The van der Waals surface area contributed by atoms with Crippen molar-refractivity contribution in [3.63, 3.8) is 0 Å². The fourth-order valence-electron chi connectivity index (χ4n) is 4.80. The Morgan fingerprint density at radius 3 is 2.52 bits per heavy atom. The lowest BCUT2D eigenvalue weighted by Gasteiger charge is -2.32. The standard InChI is InChI=1S/C30H30ClF2N5O2/c1-19(39)17-34-26(15-20-5-3-2-4-6-20)30(40)37-13-14-38-27(18-37)36-28(21-7-9-22(32)10-8-21)29(38)35-23-11-12-24(31)25(33)16-23/h2-12,16,19,26,34-35,39H,13-15,17-18H2,1H3. The van der Waals surface area contributed by atoms with E-state index in [1.807, 2.05) is 34.9 Å². The third-order valence-electron chi connectivity index (χ3n) is 6.82. The van der Waals surface area contributed by atoms with Gasteiger partial charge >= 0.3 is 0 Å². The second-order valence-corrected chi connectivity index (χ2v) is 10.3. The molecule has 0 fully saturated rings. The summed E-state index contributed by atoms with van der Waals surface area (Å²) in [5.41, 5.74) is 2.74. The molecule has 0 saturated carbocycles. The Balaban J connectivity index is 1.44. The van der Waals surface area contributed by atoms with Crippen LogP contribution in [0.5, 0.6) is 0 Å². The van der Waals surface area contributed by atoms with Crippen molar-refractivity contribution in [2.75, 3.05) is 18.4 Å². The van der Waals surface area contributed by atoms with Crippen LogP contribution in [0.3, 0.4) is 0 Å². The quantitative estimate of drug-likeness (QED) is 0.261. The minimum atomic E-state index is -0.601. The number of rotatable bonds is 9. The number of nitrogens with one attached hydrogen (secondary N) is 2. The van der Waals surface area contributed by atoms with E-state index in [2.05, 4.69) is 10.6 Å². The van der Waals surface area contributed by atoms with Crippen LogP contribution in [0.15, 0.2) is 72.8 Å². The predicted molar refractivity (Wildman–Crippen MR) is 151 cm³/mol. The van der Waals surface area contributed by atoms with Crippen molar-refractivity contribution >= 4 is 29.0 Å². The summed E-state index contributed by atoms with van der Waals surface area (Å²) in [5.74, 6) is 0.247. The lowest BCUT2D eigenvalue weighted by atomic mass is 10.0. The fraction of sp³-hybridized carbons (Fsp3) is 0.267. The number of carbonyl (C=O) groups is 1. The number of anilines is 2. The summed E-state index contributed by atoms with van der Waals surface area (Å²) in [5, 5.41) is 16.3. The second kappa shape index (κ2) is 12.2. The molecule has 7 nitrogen and oxygen atoms in total. The number of imidazole rings is 1. The first-order chi connectivity index (χ1) is 19.3. The molecule has 2 heterocycles. The molecule has 0 radical (unpaired) electrons. The zero-order chi connectivity index (χ0) is 28.2. The summed E-state index contributed by atoms with van der Waals surface area (Å²) in [4.78, 5) is 20.3. The third-order valence-corrected chi connectivity index (χ3v) is 7.13. The summed E-state index contributed by atoms with van der Waals surface area (Å²) in [6.07, 6.45) is -0.122. The molecule has 1 aliphatic rings. The van der Waals surface area contributed by atoms with Crippen molar-refractivity contribution in [3.8, 4) is 11.3 Å². The number of hydrogen-bond acceptors (Lipinski definition) is 5. The Morgan fingerprint density at radius 2 is 1.82 bits per heavy atom. The molecule has 0 aliphatic carbocycles. The van der Waals surface area contributed by atoms with Crippen LogP contribution in [0.2, 0.25) is 5.02 Å². The number of aliphatic hydroxyl groups excluding tert-OH is 1. The number of halogens is 3. The van der Waals surface area contributed by atoms with Gasteiger partial charge in [-0.1, -0.05) is 41.9 Å². The first kappa shape index (κ1) is 27.8. The van der Waals surface area contributed by atoms with E-state index in [9.17, 15) is 18.7 Å². The molecular formula is C30H30ClF2N5O2. The first-order valence-corrected chi connectivity index (χ1v) is 13.5. The number of benzene rings is 3. The van der Waals surface area contributed by atoms with Crippen molar-refractivity contribution in [1.29, 1.82) is 0 Å². The van der Waals surface area contributed by atoms with E-state index in [-0.39, 0.29) is 29.8 Å². The Labute approximate surface area is 236 Å². The zero-order valence-electron chi connectivity index (χ0n) is 21.9. The molecule has 5 rings (SSSR count). The molecule has 1 amide bonds. The van der Waals surface area contributed by atoms with Crippen LogP contribution in [0, 0.1) is 11.6 Å². The van der Waals surface area contributed by atoms with Crippen LogP contribution in [0.25, 0.3) is 11.3 Å². The minimum absolute atomic E-state index is 0.0167. The maximum Gasteiger partial charge on any atom is 0.240 e. The number of aliphatic hydroxyl groups is 1. The zero-order valence-corrected chi connectivity index (χ0v) is 22.7. The van der Waals surface area contributed by atoms with Gasteiger partial charge in [-0.25, -0.2) is 13.8 Å². The third kappa shape index (κ3) is 6.33. The van der Waals surface area contributed by atoms with Gasteiger partial charge in [0.05, 0.1) is 23.7 Å². The second-order valence-electron chi connectivity index (χ2n) is 9.90. The molecule has 1 aromatic heterocycles. The molecule has 2 atom stereocenters. The van der Waals surface area contributed by atoms with Gasteiger partial charge in [-0.15, -0.1) is 0 Å². The lowest BCUT2D eigenvalue weighted by molar-refractivity contribution is -0.135. The van der Waals surface area contributed by atoms with E-state index >= 15 is 0 Å². The normalized spacial score (nSPS) is 14.5. The molecule has 3 aromatic carbocycles. The first-order valence-electron chi connectivity index (χ1n) is 13.1. The summed E-state index contributed by atoms with van der Waals surface area (Å²) >= 11 is 5.87. The highest BCUT2D eigenvalue weighted by Gasteiger charge is 2.31. The van der Waals surface area contributed by atoms with Gasteiger partial charge in [0.15, 0.2) is 0 Å². The maximum atomic E-state index is 14.2. The van der Waals surface area contributed by atoms with Crippen molar-refractivity contribution < 1.29 is 18.7 Å². The van der Waals surface area contributed by atoms with Crippen molar-refractivity contribution in [1.82, 2.24) is 19.8 Å². The molecule has 10 heteroatoms. The van der Waals surface area contributed by atoms with Gasteiger partial charge < -0.3 is 25.2 Å². The number of amides is 1. The maximum absolute atomic E-state index is 14.2. The summed E-state index contributed by atoms with van der Waals surface area (Å²) in [6, 6.07) is 19.6. The van der Waals surface area contributed by atoms with E-state index in [0.717, 1.165) is 5.56 Å². The average Bonchev–Trinajstić information content (AvgIpc) is 3.30. The van der Waals surface area contributed by atoms with Crippen molar-refractivity contribution in [3.05, 3.63) is 101 Å². The number of fused-ring (bicyclic) bond motifs is 1. The van der Waals surface area contributed by atoms with Crippen molar-refractivity contribution in [2.45, 2.75) is 38.6 Å². The van der Waals surface area contributed by atoms with Gasteiger partial charge in [0.2, 0.25) is 5.91 Å². The average molecular weight is 566 g/mol. The van der Waals surface area contributed by atoms with Gasteiger partial charge in [-0.3, -0.25) is 4.79 Å². The molecular weight excluding hydrogens is 536 g/mol. The van der Waals surface area contributed by atoms with Crippen LogP contribution in [-0.4, -0.2) is 50.7 Å². The SMILES string of the molecule is CC(O)CNC(Cc1ccccc1)C(=O)N1CCn2c(nc(-c3ccc(F)cc3)c2Nc2ccc(Cl)c(F)c2)C1. The summed E-state index contributed by atoms with van der Waals surface area (Å²) < 4.78 is 29.8. The minimum Gasteiger partial charge on any atom is -0.392 e. The van der Waals surface area contributed by atoms with E-state index in [4.69, 9.17) is 16.6 Å². The number of aromatic nitrogens is 2. The number of hydrogen-bond donors (Lipinski definition) is 3. The number of carbonyl (C=O) groups excluding carboxylic acids is 1. The Bertz CT molecular complexity index is 1480. The Morgan fingerprint density at radius 1 is 1.07 bits per heavy atom. The fourth-order valence-corrected chi connectivity index (χ4v) is 4.91. The number of nitrogens with zero attached hydrogens (tertiary/aromatic N) is 3. The summed E-state index contributed by atoms with van der Waals surface area (Å²) in [7, 11) is 0. The van der Waals surface area contributed by atoms with Crippen LogP contribution in [0.1, 0.15) is 18.3 Å². The van der Waals surface area contributed by atoms with Crippen LogP contribution < -0.4 is 10.6 Å². The van der Waals surface area contributed by atoms with Gasteiger partial charge in [-0.05, 0) is 61.4 Å². The molecule has 1 aliphatic heterocycles. The smallest absolute Gasteiger partial charge is 0.240 e. The van der Waals surface area contributed by atoms with Crippen LogP contribution in [0.4, 0.5) is 20.3 Å². The van der Waals surface area contributed by atoms with Crippen LogP contribution in [-0.2, 0) is 24.3 Å². The van der Waals surface area contributed by atoms with Crippen molar-refractivity contribution in [2.24, 2.45) is 0 Å². The topological polar surface area (TPSA) is 82.4 Å². The summed E-state index contributed by atoms with van der Waals surface area (Å²) in [6.45, 7) is 3.09. The predicted octanol–water partition coefficient (Wildman–Crippen LogP) is 5.15. The Hall–Kier alpha value is -3.79. The Kier molecular flexibility index (Phi) is 8.44. The molecule has 0 saturated heterocycles. The molecule has 3 N–H and O–H groups in total. The highest BCUT2D eigenvalue weighted by Crippen LogP contribution is 2.34. The molecule has 4 aromatic rings. The largest absolute Gasteiger partial charge is 0.392 e. The van der Waals surface area contributed by atoms with Gasteiger partial charge in [0.1, 0.15) is 29.0 Å². The molecule has 0 spiro atoms. The molecule has 0 bridgehead atoms. The molecule has 208 valence electrons. The highest BCUT2D eigenvalue weighted by atomic mass is 35.5. The molecule has 40 heavy (non-hydrogen) atoms. The van der Waals surface area contributed by atoms with E-state index in [1.54, 1.807) is 30.0 Å². The highest BCUT2D eigenvalue weighted by molar-refractivity contribution is 6.30. The van der Waals surface area contributed by atoms with Gasteiger partial charge in [-0.2, -0.15) is 0 Å². The van der Waals surface area contributed by atoms with E-state index in [1.165, 1.54) is 24.3 Å². The van der Waals surface area contributed by atoms with Crippen LogP contribution >= 0.6 is 11.6 Å². The van der Waals surface area contributed by atoms with Gasteiger partial charge in [0.25, 0.3) is 0 Å². The lowest BCUT2D eigenvalue weighted by Crippen LogP contribution is -2.51. The van der Waals surface area contributed by atoms with E-state index < -0.39 is 18.0 Å². The monoisotopic (exact) mass is 565 g/mol. The van der Waals surface area contributed by atoms with E-state index in [0.29, 0.717) is 48.1 Å². The molecule has 2 unspecified atom stereocenters.